The number of aromatic nitrogens is 1. The molecule has 0 unspecified atom stereocenters. The minimum atomic E-state index is -3.40. The van der Waals surface area contributed by atoms with Crippen molar-refractivity contribution >= 4 is 20.9 Å². The molecule has 140 valence electrons. The summed E-state index contributed by atoms with van der Waals surface area (Å²) in [7, 11) is -3.40. The maximum Gasteiger partial charge on any atom is 0.251 e. The molecule has 0 saturated heterocycles. The quantitative estimate of drug-likeness (QED) is 0.757. The summed E-state index contributed by atoms with van der Waals surface area (Å²) in [6, 6.07) is 13.5. The van der Waals surface area contributed by atoms with Gasteiger partial charge in [0.05, 0.1) is 5.75 Å². The van der Waals surface area contributed by atoms with Gasteiger partial charge in [-0.3, -0.25) is 4.79 Å². The predicted molar refractivity (Wildman–Crippen MR) is 107 cm³/mol. The summed E-state index contributed by atoms with van der Waals surface area (Å²) >= 11 is 0. The highest BCUT2D eigenvalue weighted by Gasteiger charge is 2.27. The Labute approximate surface area is 158 Å². The van der Waals surface area contributed by atoms with E-state index in [4.69, 9.17) is 0 Å². The number of H-pyrrole nitrogens is 1. The van der Waals surface area contributed by atoms with E-state index >= 15 is 0 Å². The highest BCUT2D eigenvalue weighted by molar-refractivity contribution is 7.88. The number of pyridine rings is 1. The molecule has 4 rings (SSSR count). The molecule has 0 amide bonds. The number of fused-ring (bicyclic) bond motifs is 2. The SMILES string of the molecule is Cc1cccc(CS(=O)(=O)N2CCc3cc4cc(C)c(=O)[nH]c4cc3C2)c1. The van der Waals surface area contributed by atoms with Gasteiger partial charge >= 0.3 is 0 Å². The normalized spacial score (nSPS) is 15.0. The number of rotatable bonds is 3. The highest BCUT2D eigenvalue weighted by Crippen LogP contribution is 2.26. The van der Waals surface area contributed by atoms with Gasteiger partial charge in [0.25, 0.3) is 5.56 Å². The molecule has 2 aromatic carbocycles. The van der Waals surface area contributed by atoms with Crippen LogP contribution in [0.2, 0.25) is 0 Å². The average Bonchev–Trinajstić information content (AvgIpc) is 2.60. The van der Waals surface area contributed by atoms with Crippen LogP contribution in [0.4, 0.5) is 0 Å². The zero-order valence-electron chi connectivity index (χ0n) is 15.5. The molecule has 1 N–H and O–H groups in total. The van der Waals surface area contributed by atoms with Crippen molar-refractivity contribution in [3.05, 3.63) is 80.6 Å². The molecule has 5 nitrogen and oxygen atoms in total. The lowest BCUT2D eigenvalue weighted by Crippen LogP contribution is -2.36. The number of nitrogens with one attached hydrogen (secondary N) is 1. The summed E-state index contributed by atoms with van der Waals surface area (Å²) in [6.07, 6.45) is 0.677. The van der Waals surface area contributed by atoms with Crippen molar-refractivity contribution in [2.75, 3.05) is 6.54 Å². The zero-order chi connectivity index (χ0) is 19.2. The first kappa shape index (κ1) is 17.9. The third-order valence-electron chi connectivity index (χ3n) is 5.15. The van der Waals surface area contributed by atoms with Gasteiger partial charge in [0, 0.05) is 24.2 Å². The smallest absolute Gasteiger partial charge is 0.251 e. The van der Waals surface area contributed by atoms with E-state index in [2.05, 4.69) is 11.1 Å². The van der Waals surface area contributed by atoms with E-state index in [1.54, 1.807) is 11.2 Å². The van der Waals surface area contributed by atoms with Gasteiger partial charge in [-0.05, 0) is 60.5 Å². The fraction of sp³-hybridized carbons (Fsp3) is 0.286. The minimum Gasteiger partial charge on any atom is -0.322 e. The Kier molecular flexibility index (Phi) is 4.40. The lowest BCUT2D eigenvalue weighted by Gasteiger charge is -2.28. The first-order valence-electron chi connectivity index (χ1n) is 9.01. The van der Waals surface area contributed by atoms with E-state index in [0.29, 0.717) is 25.1 Å². The van der Waals surface area contributed by atoms with E-state index in [-0.39, 0.29) is 11.3 Å². The van der Waals surface area contributed by atoms with E-state index in [0.717, 1.165) is 33.2 Å². The molecule has 6 heteroatoms. The monoisotopic (exact) mass is 382 g/mol. The molecule has 27 heavy (non-hydrogen) atoms. The molecular weight excluding hydrogens is 360 g/mol. The topological polar surface area (TPSA) is 70.2 Å². The second-order valence-corrected chi connectivity index (χ2v) is 9.29. The first-order valence-corrected chi connectivity index (χ1v) is 10.6. The molecule has 0 spiro atoms. The number of hydrogen-bond acceptors (Lipinski definition) is 3. The molecule has 0 bridgehead atoms. The van der Waals surface area contributed by atoms with Gasteiger partial charge < -0.3 is 4.98 Å². The number of aryl methyl sites for hydroxylation is 2. The summed E-state index contributed by atoms with van der Waals surface area (Å²) in [5.74, 6) is 0.00756. The van der Waals surface area contributed by atoms with Crippen molar-refractivity contribution in [2.45, 2.75) is 32.6 Å². The van der Waals surface area contributed by atoms with Crippen molar-refractivity contribution in [2.24, 2.45) is 0 Å². The Balaban J connectivity index is 1.64. The molecule has 1 aliphatic rings. The fourth-order valence-electron chi connectivity index (χ4n) is 3.69. The van der Waals surface area contributed by atoms with Gasteiger partial charge in [-0.2, -0.15) is 4.31 Å². The Bertz CT molecular complexity index is 1200. The molecule has 1 aromatic heterocycles. The Hall–Kier alpha value is -2.44. The summed E-state index contributed by atoms with van der Waals surface area (Å²) in [6.45, 7) is 4.57. The standard InChI is InChI=1S/C21H22N2O3S/c1-14-4-3-5-16(8-14)13-27(25,26)23-7-6-17-10-18-9-15(2)21(24)22-20(18)11-19(17)12-23/h3-5,8-11H,6-7,12-13H2,1-2H3,(H,22,24). The number of sulfonamides is 1. The highest BCUT2D eigenvalue weighted by atomic mass is 32.2. The van der Waals surface area contributed by atoms with Crippen molar-refractivity contribution in [3.8, 4) is 0 Å². The maximum absolute atomic E-state index is 12.9. The van der Waals surface area contributed by atoms with Gasteiger partial charge in [-0.15, -0.1) is 0 Å². The molecular formula is C21H22N2O3S. The maximum atomic E-state index is 12.9. The molecule has 0 atom stereocenters. The van der Waals surface area contributed by atoms with Crippen LogP contribution >= 0.6 is 0 Å². The molecule has 0 aliphatic carbocycles. The van der Waals surface area contributed by atoms with Crippen LogP contribution in [0.3, 0.4) is 0 Å². The summed E-state index contributed by atoms with van der Waals surface area (Å²) < 4.78 is 27.4. The van der Waals surface area contributed by atoms with Crippen LogP contribution in [0.15, 0.2) is 47.3 Å². The third-order valence-corrected chi connectivity index (χ3v) is 6.95. The van der Waals surface area contributed by atoms with Crippen molar-refractivity contribution in [1.82, 2.24) is 9.29 Å². The fourth-order valence-corrected chi connectivity index (χ4v) is 5.18. The first-order chi connectivity index (χ1) is 12.8. The lowest BCUT2D eigenvalue weighted by molar-refractivity contribution is 0.391. The van der Waals surface area contributed by atoms with Gasteiger partial charge in [-0.25, -0.2) is 8.42 Å². The van der Waals surface area contributed by atoms with Crippen LogP contribution in [0.25, 0.3) is 10.9 Å². The number of nitrogens with zero attached hydrogens (tertiary/aromatic N) is 1. The lowest BCUT2D eigenvalue weighted by atomic mass is 9.98. The number of benzene rings is 2. The van der Waals surface area contributed by atoms with Gasteiger partial charge in [0.2, 0.25) is 10.0 Å². The van der Waals surface area contributed by atoms with Gasteiger partial charge in [0.1, 0.15) is 0 Å². The second-order valence-electron chi connectivity index (χ2n) is 7.32. The average molecular weight is 382 g/mol. The minimum absolute atomic E-state index is 0.00756. The van der Waals surface area contributed by atoms with Crippen LogP contribution in [-0.2, 0) is 28.7 Å². The number of aromatic amines is 1. The predicted octanol–water partition coefficient (Wildman–Crippen LogP) is 3.03. The molecule has 2 heterocycles. The van der Waals surface area contributed by atoms with Gasteiger partial charge in [-0.1, -0.05) is 29.8 Å². The summed E-state index contributed by atoms with van der Waals surface area (Å²) in [4.78, 5) is 14.8. The van der Waals surface area contributed by atoms with Crippen LogP contribution in [0.5, 0.6) is 0 Å². The van der Waals surface area contributed by atoms with Gasteiger partial charge in [0.15, 0.2) is 0 Å². The molecule has 0 fully saturated rings. The van der Waals surface area contributed by atoms with Crippen LogP contribution in [-0.4, -0.2) is 24.3 Å². The van der Waals surface area contributed by atoms with Crippen molar-refractivity contribution in [3.63, 3.8) is 0 Å². The largest absolute Gasteiger partial charge is 0.322 e. The van der Waals surface area contributed by atoms with Crippen molar-refractivity contribution in [1.29, 1.82) is 0 Å². The second kappa shape index (κ2) is 6.62. The van der Waals surface area contributed by atoms with Crippen LogP contribution < -0.4 is 5.56 Å². The molecule has 3 aromatic rings. The van der Waals surface area contributed by atoms with Crippen LogP contribution in [0.1, 0.15) is 27.8 Å². The Morgan fingerprint density at radius 1 is 1.07 bits per heavy atom. The number of hydrogen-bond donors (Lipinski definition) is 1. The Morgan fingerprint density at radius 3 is 2.67 bits per heavy atom. The van der Waals surface area contributed by atoms with E-state index in [9.17, 15) is 13.2 Å². The van der Waals surface area contributed by atoms with E-state index in [1.807, 2.05) is 43.3 Å². The van der Waals surface area contributed by atoms with Crippen molar-refractivity contribution < 1.29 is 8.42 Å². The Morgan fingerprint density at radius 2 is 1.89 bits per heavy atom. The van der Waals surface area contributed by atoms with E-state index in [1.165, 1.54) is 0 Å². The summed E-state index contributed by atoms with van der Waals surface area (Å²) in [5, 5.41) is 0.988. The molecule has 0 saturated carbocycles. The third kappa shape index (κ3) is 3.55. The summed E-state index contributed by atoms with van der Waals surface area (Å²) in [5.41, 5.74) is 5.29. The van der Waals surface area contributed by atoms with E-state index < -0.39 is 10.0 Å². The van der Waals surface area contributed by atoms with Crippen LogP contribution in [0, 0.1) is 13.8 Å². The molecule has 1 aliphatic heterocycles. The zero-order valence-corrected chi connectivity index (χ0v) is 16.3. The molecule has 0 radical (unpaired) electrons.